The average Bonchev–Trinajstić information content (AvgIpc) is 3.47. The Hall–Kier alpha value is -4.21. The molecule has 0 saturated heterocycles. The van der Waals surface area contributed by atoms with Crippen LogP contribution in [0.3, 0.4) is 0 Å². The highest BCUT2D eigenvalue weighted by atomic mass is 16.7. The van der Waals surface area contributed by atoms with Crippen LogP contribution < -0.4 is 4.84 Å². The molecule has 10 nitrogen and oxygen atoms in total. The van der Waals surface area contributed by atoms with E-state index < -0.39 is 23.6 Å². The molecule has 0 spiro atoms. The lowest BCUT2D eigenvalue weighted by Crippen LogP contribution is -2.51. The van der Waals surface area contributed by atoms with Gasteiger partial charge in [0.05, 0.1) is 12.0 Å². The molecule has 0 fully saturated rings. The molecule has 3 heterocycles. The second-order valence-corrected chi connectivity index (χ2v) is 9.71. The van der Waals surface area contributed by atoms with Crippen molar-refractivity contribution in [3.63, 3.8) is 0 Å². The van der Waals surface area contributed by atoms with Crippen LogP contribution in [0.4, 0.5) is 0 Å². The van der Waals surface area contributed by atoms with Gasteiger partial charge in [-0.05, 0) is 49.5 Å². The second kappa shape index (κ2) is 10.3. The number of aromatic amines is 1. The number of carbonyl (C=O) groups excluding carboxylic acids is 3. The van der Waals surface area contributed by atoms with Crippen molar-refractivity contribution in [2.24, 2.45) is 5.92 Å². The number of benzene rings is 1. The summed E-state index contributed by atoms with van der Waals surface area (Å²) < 4.78 is 0.631. The molecule has 2 aromatic heterocycles. The molecule has 200 valence electrons. The van der Waals surface area contributed by atoms with Gasteiger partial charge in [-0.15, -0.1) is 4.73 Å². The lowest BCUT2D eigenvalue weighted by atomic mass is 9.79. The number of amides is 2. The molecule has 10 heteroatoms. The van der Waals surface area contributed by atoms with E-state index >= 15 is 0 Å². The molecule has 1 aliphatic carbocycles. The lowest BCUT2D eigenvalue weighted by molar-refractivity contribution is -0.145. The summed E-state index contributed by atoms with van der Waals surface area (Å²) in [6, 6.07) is 8.26. The third kappa shape index (κ3) is 4.51. The minimum absolute atomic E-state index is 0.000654. The van der Waals surface area contributed by atoms with E-state index in [0.717, 1.165) is 27.6 Å². The molecule has 0 radical (unpaired) electrons. The van der Waals surface area contributed by atoms with Crippen molar-refractivity contribution < 1.29 is 29.4 Å². The topological polar surface area (TPSA) is 128 Å². The maximum atomic E-state index is 13.6. The number of fused-ring (bicyclic) bond motifs is 2. The van der Waals surface area contributed by atoms with Crippen molar-refractivity contribution in [2.75, 3.05) is 19.6 Å². The van der Waals surface area contributed by atoms with Crippen LogP contribution in [0.2, 0.25) is 0 Å². The number of hydrogen-bond donors (Lipinski definition) is 3. The van der Waals surface area contributed by atoms with E-state index in [2.05, 4.69) is 4.98 Å². The number of aromatic nitrogens is 2. The molecule has 1 aromatic carbocycles. The van der Waals surface area contributed by atoms with E-state index in [1.807, 2.05) is 44.3 Å². The first-order chi connectivity index (χ1) is 18.3. The number of nitrogens with one attached hydrogen (secondary N) is 1. The highest BCUT2D eigenvalue weighted by Crippen LogP contribution is 2.41. The average molecular weight is 521 g/mol. The van der Waals surface area contributed by atoms with Gasteiger partial charge in [0.1, 0.15) is 0 Å². The minimum Gasteiger partial charge on any atom is -0.492 e. The molecular weight excluding hydrogens is 488 g/mol. The normalized spacial score (nSPS) is 18.2. The molecule has 2 aliphatic rings. The Balaban J connectivity index is 1.35. The molecule has 0 bridgehead atoms. The molecule has 3 aromatic rings. The SMILES string of the molecule is CCN(CC)C(=O)C1C=C2c3cccc4[nH]cc(c34)C[C@H]2N(C(=O)CCCC(=O)On2c(O)ccc2O)C1. The summed E-state index contributed by atoms with van der Waals surface area (Å²) in [6.07, 6.45) is 4.93. The number of aromatic hydroxyl groups is 2. The van der Waals surface area contributed by atoms with Crippen molar-refractivity contribution in [1.29, 1.82) is 0 Å². The quantitative estimate of drug-likeness (QED) is 0.419. The van der Waals surface area contributed by atoms with Gasteiger partial charge in [0.25, 0.3) is 0 Å². The van der Waals surface area contributed by atoms with Gasteiger partial charge in [-0.3, -0.25) is 9.59 Å². The van der Waals surface area contributed by atoms with Gasteiger partial charge in [0.2, 0.25) is 23.6 Å². The third-order valence-corrected chi connectivity index (χ3v) is 7.50. The van der Waals surface area contributed by atoms with Crippen LogP contribution >= 0.6 is 0 Å². The molecule has 0 saturated carbocycles. The Morgan fingerprint density at radius 3 is 2.53 bits per heavy atom. The van der Waals surface area contributed by atoms with Crippen LogP contribution in [0, 0.1) is 5.92 Å². The van der Waals surface area contributed by atoms with Gasteiger partial charge < -0.3 is 29.8 Å². The summed E-state index contributed by atoms with van der Waals surface area (Å²) in [5, 5.41) is 20.4. The summed E-state index contributed by atoms with van der Waals surface area (Å²) in [6.45, 7) is 5.37. The number of hydrogen-bond acceptors (Lipinski definition) is 6. The van der Waals surface area contributed by atoms with E-state index in [4.69, 9.17) is 4.84 Å². The van der Waals surface area contributed by atoms with Crippen LogP contribution in [0.5, 0.6) is 11.8 Å². The van der Waals surface area contributed by atoms with Crippen LogP contribution in [-0.2, 0) is 20.8 Å². The van der Waals surface area contributed by atoms with Gasteiger partial charge in [-0.1, -0.05) is 18.2 Å². The predicted octanol–water partition coefficient (Wildman–Crippen LogP) is 2.84. The Morgan fingerprint density at radius 1 is 1.08 bits per heavy atom. The fraction of sp³-hybridized carbons (Fsp3) is 0.393. The van der Waals surface area contributed by atoms with E-state index in [1.54, 1.807) is 9.80 Å². The maximum absolute atomic E-state index is 13.6. The summed E-state index contributed by atoms with van der Waals surface area (Å²) in [7, 11) is 0. The molecular formula is C28H32N4O6. The largest absolute Gasteiger partial charge is 0.492 e. The van der Waals surface area contributed by atoms with E-state index in [0.29, 0.717) is 24.2 Å². The Kier molecular flexibility index (Phi) is 6.88. The zero-order valence-electron chi connectivity index (χ0n) is 21.5. The van der Waals surface area contributed by atoms with Crippen LogP contribution in [0.15, 0.2) is 42.6 Å². The summed E-state index contributed by atoms with van der Waals surface area (Å²) in [4.78, 5) is 51.1. The molecule has 5 rings (SSSR count). The zero-order valence-corrected chi connectivity index (χ0v) is 21.5. The number of nitrogens with zero attached hydrogens (tertiary/aromatic N) is 3. The van der Waals surface area contributed by atoms with Crippen molar-refractivity contribution in [2.45, 2.75) is 45.6 Å². The van der Waals surface area contributed by atoms with E-state index in [9.17, 15) is 24.6 Å². The van der Waals surface area contributed by atoms with Crippen molar-refractivity contribution in [3.8, 4) is 11.8 Å². The predicted molar refractivity (Wildman–Crippen MR) is 140 cm³/mol. The third-order valence-electron chi connectivity index (χ3n) is 7.50. The summed E-state index contributed by atoms with van der Waals surface area (Å²) in [5.41, 5.74) is 4.20. The van der Waals surface area contributed by atoms with Crippen LogP contribution in [0.25, 0.3) is 16.5 Å². The Bertz CT molecular complexity index is 1400. The Morgan fingerprint density at radius 2 is 1.82 bits per heavy atom. The first kappa shape index (κ1) is 25.4. The van der Waals surface area contributed by atoms with Gasteiger partial charge in [0, 0.05) is 61.7 Å². The van der Waals surface area contributed by atoms with E-state index in [-0.39, 0.29) is 43.7 Å². The van der Waals surface area contributed by atoms with Gasteiger partial charge in [-0.2, -0.15) is 0 Å². The van der Waals surface area contributed by atoms with Crippen LogP contribution in [0.1, 0.15) is 44.2 Å². The van der Waals surface area contributed by atoms with Gasteiger partial charge in [0.15, 0.2) is 0 Å². The highest BCUT2D eigenvalue weighted by Gasteiger charge is 2.40. The number of rotatable bonds is 8. The highest BCUT2D eigenvalue weighted by molar-refractivity contribution is 6.00. The fourth-order valence-electron chi connectivity index (χ4n) is 5.61. The van der Waals surface area contributed by atoms with E-state index in [1.165, 1.54) is 12.1 Å². The number of carbonyl (C=O) groups is 3. The first-order valence-electron chi connectivity index (χ1n) is 13.0. The summed E-state index contributed by atoms with van der Waals surface area (Å²) in [5.74, 6) is -2.08. The van der Waals surface area contributed by atoms with Crippen molar-refractivity contribution >= 4 is 34.3 Å². The van der Waals surface area contributed by atoms with Gasteiger partial charge in [-0.25, -0.2) is 4.79 Å². The fourth-order valence-corrected chi connectivity index (χ4v) is 5.61. The zero-order chi connectivity index (χ0) is 27.0. The molecule has 2 amide bonds. The van der Waals surface area contributed by atoms with Crippen molar-refractivity contribution in [1.82, 2.24) is 19.5 Å². The minimum atomic E-state index is -0.685. The molecule has 1 unspecified atom stereocenters. The Labute approximate surface area is 220 Å². The van der Waals surface area contributed by atoms with Crippen LogP contribution in [-0.4, -0.2) is 73.2 Å². The standard InChI is InChI=1S/C28H32N4O6/c1-3-30(4-2)28(37)18-13-20-19-7-5-8-21-27(19)17(15-29-21)14-22(20)31(16-18)23(33)9-6-10-26(36)38-32-24(34)11-12-25(32)35/h5,7-8,11-13,15,18,22,29,34-35H,3-4,6,9-10,14,16H2,1-2H3/t18?,22-/m1/s1. The molecule has 3 N–H and O–H groups in total. The number of H-pyrrole nitrogens is 1. The van der Waals surface area contributed by atoms with Gasteiger partial charge >= 0.3 is 5.97 Å². The first-order valence-corrected chi connectivity index (χ1v) is 13.0. The molecule has 1 aliphatic heterocycles. The monoisotopic (exact) mass is 520 g/mol. The molecule has 2 atom stereocenters. The summed E-state index contributed by atoms with van der Waals surface area (Å²) >= 11 is 0. The maximum Gasteiger partial charge on any atom is 0.333 e. The molecule has 38 heavy (non-hydrogen) atoms. The van der Waals surface area contributed by atoms with Crippen molar-refractivity contribution in [3.05, 3.63) is 53.7 Å². The smallest absolute Gasteiger partial charge is 0.333 e. The second-order valence-electron chi connectivity index (χ2n) is 9.71. The lowest BCUT2D eigenvalue weighted by Gasteiger charge is -2.42.